The van der Waals surface area contributed by atoms with E-state index in [9.17, 15) is 107 Å². The van der Waals surface area contributed by atoms with Crippen molar-refractivity contribution in [3.8, 4) is 0 Å². The normalized spacial score (nSPS) is 50.2. The largest absolute Gasteiger partial charge is 0.458 e. The zero-order chi connectivity index (χ0) is 63.9. The van der Waals surface area contributed by atoms with Gasteiger partial charge < -0.3 is 173 Å². The van der Waals surface area contributed by atoms with E-state index in [0.29, 0.717) is 0 Å². The number of hydrogen-bond acceptors (Lipinski definition) is 38. The Morgan fingerprint density at radius 1 is 0.398 bits per heavy atom. The molecule has 0 amide bonds. The molecule has 40 heteroatoms. The average molecular weight is 1350 g/mol. The van der Waals surface area contributed by atoms with Crippen molar-refractivity contribution in [3.63, 3.8) is 0 Å². The summed E-state index contributed by atoms with van der Waals surface area (Å²) in [5.41, 5.74) is 0.0763. The molecule has 1 unspecified atom stereocenters. The van der Waals surface area contributed by atoms with Crippen LogP contribution >= 0.6 is 15.9 Å². The van der Waals surface area contributed by atoms with Crippen molar-refractivity contribution in [2.45, 2.75) is 240 Å². The molecule has 21 saturated heterocycles. The molecule has 21 aliphatic heterocycles. The lowest BCUT2D eigenvalue weighted by Crippen LogP contribution is -2.68. The number of halogens is 1. The van der Waals surface area contributed by atoms with Crippen molar-refractivity contribution in [1.29, 1.82) is 0 Å². The van der Waals surface area contributed by atoms with E-state index in [1.54, 1.807) is 0 Å². The van der Waals surface area contributed by atoms with Gasteiger partial charge >= 0.3 is 5.97 Å². The minimum atomic E-state index is -2.25. The number of aromatic nitrogens is 3. The fourth-order valence-electron chi connectivity index (χ4n) is 11.4. The number of aliphatic hydroxyl groups is 20. The second-order valence-corrected chi connectivity index (χ2v) is 23.5. The topological polar surface area (TPSA) is 591 Å². The van der Waals surface area contributed by atoms with Crippen molar-refractivity contribution in [3.05, 3.63) is 11.9 Å². The number of alkyl halides is 1. The number of ether oxygens (including phenoxy) is 15. The highest BCUT2D eigenvalue weighted by Gasteiger charge is 2.60. The molecule has 21 aliphatic rings. The molecule has 22 heterocycles. The summed E-state index contributed by atoms with van der Waals surface area (Å²) < 4.78 is 87.5. The molecule has 0 spiro atoms. The number of hydrogen-bond donors (Lipinski definition) is 20. The van der Waals surface area contributed by atoms with Crippen molar-refractivity contribution < 1.29 is 178 Å². The molecule has 14 bridgehead atoms. The van der Waals surface area contributed by atoms with E-state index in [1.807, 2.05) is 0 Å². The van der Waals surface area contributed by atoms with Crippen molar-refractivity contribution in [2.75, 3.05) is 39.6 Å². The van der Waals surface area contributed by atoms with Gasteiger partial charge in [0.25, 0.3) is 0 Å². The Labute approximate surface area is 505 Å². The summed E-state index contributed by atoms with van der Waals surface area (Å²) in [6, 6.07) is 0. The highest BCUT2D eigenvalue weighted by atomic mass is 79.9. The van der Waals surface area contributed by atoms with Crippen LogP contribution in [-0.4, -0.2) is 383 Å². The van der Waals surface area contributed by atoms with E-state index in [-0.39, 0.29) is 12.3 Å². The monoisotopic (exact) mass is 1350 g/mol. The van der Waals surface area contributed by atoms with E-state index < -0.39 is 272 Å². The maximum Gasteiger partial charge on any atom is 0.319 e. The number of carbonyl (C=O) groups excluding carboxylic acids is 1. The van der Waals surface area contributed by atoms with E-state index in [2.05, 4.69) is 26.2 Å². The van der Waals surface area contributed by atoms with Gasteiger partial charge in [0.05, 0.1) is 52.4 Å². The Morgan fingerprint density at radius 2 is 0.614 bits per heavy atom. The van der Waals surface area contributed by atoms with Gasteiger partial charge in [0, 0.05) is 0 Å². The molecule has 36 atom stereocenters. The van der Waals surface area contributed by atoms with Crippen LogP contribution in [0.25, 0.3) is 0 Å². The predicted octanol–water partition coefficient (Wildman–Crippen LogP) is -14.1. The Morgan fingerprint density at radius 3 is 0.830 bits per heavy atom. The SMILES string of the molecule is CC(Br)C(=O)OCc1cn(C[C@H]2O[C@@H]3O[C@H]4[C@H](O)[C@@H](O)[C@@H](O[C@H]5[C@H](O)[C@@H](O)[C@@H](O[C@H]6[C@H](O)[C@@H](O)[C@@H](O[C@H]7[C@H](O)[C@@H](O)[C@@H](O[C@H]8[C@H](O)[C@@H](O)[C@@H](O[C@H]9[C@H](O)[C@@H](O)[C@@H](O[C@H]2[C@H](O)[C@H]3O)O[C@@H]9CO)O[C@@H]8CO)O[C@@H]7CO)O[C@@H]6CO)O[C@@H]5CO)O[C@@H]4CO)nn1. The Bertz CT molecular complexity index is 2350. The zero-order valence-electron chi connectivity index (χ0n) is 46.2. The Balaban J connectivity index is 1.02. The molecule has 21 fully saturated rings. The molecule has 22 rings (SSSR count). The molecule has 39 nitrogen and oxygen atoms in total. The third-order valence-corrected chi connectivity index (χ3v) is 16.6. The molecule has 0 aliphatic carbocycles. The molecular weight excluding hydrogens is 1270 g/mol. The maximum absolute atomic E-state index is 12.2. The summed E-state index contributed by atoms with van der Waals surface area (Å²) in [5.74, 6) is -0.662. The van der Waals surface area contributed by atoms with E-state index in [0.717, 1.165) is 4.68 Å². The number of rotatable bonds is 11. The van der Waals surface area contributed by atoms with Gasteiger partial charge in [-0.05, 0) is 6.92 Å². The van der Waals surface area contributed by atoms with Gasteiger partial charge in [-0.1, -0.05) is 21.1 Å². The first kappa shape index (κ1) is 70.1. The van der Waals surface area contributed by atoms with E-state index in [4.69, 9.17) is 71.1 Å². The average Bonchev–Trinajstić information content (AvgIpc) is 1.42. The van der Waals surface area contributed by atoms with E-state index in [1.165, 1.54) is 13.1 Å². The standard InChI is InChI=1S/C48H76BrN3O36/c1-11(49)41(73)74-10-12-2-52(51-50-12)3-13-34-20(59)27(66)42(75-13)83-35-14(4-53)77-44(29(68)22(35)61)85-37-16(6-55)79-46(31(70)24(37)63)87-39-18(8-57)81-48(33(72)26(39)65)88-40-19(9-58)80-47(32(71)25(40)64)86-38-17(7-56)78-45(30(69)23(38)62)84-36-15(5-54)76-43(82-34)28(67)21(36)60/h2,11,13-40,42-48,53-72H,3-10H2,1H3/t11?,13-,14-,15-,16-,17-,18-,19-,20-,21-,22-,23-,24-,25-,26-,27-,28-,29-,30-,31-,32-,33-,34-,35-,36-,37-,38-,39-,40-,42-,43-,44-,45-,46-,47-,48-/m1/s1. The minimum absolute atomic E-state index is 0.0763. The predicted molar refractivity (Wildman–Crippen MR) is 270 cm³/mol. The van der Waals surface area contributed by atoms with Crippen molar-refractivity contribution >= 4 is 21.9 Å². The van der Waals surface area contributed by atoms with Gasteiger partial charge in [0.2, 0.25) is 0 Å². The van der Waals surface area contributed by atoms with Crippen LogP contribution in [0.5, 0.6) is 0 Å². The van der Waals surface area contributed by atoms with Gasteiger partial charge in [0.15, 0.2) is 44.0 Å². The Hall–Kier alpha value is -2.27. The first-order chi connectivity index (χ1) is 41.9. The van der Waals surface area contributed by atoms with Gasteiger partial charge in [-0.2, -0.15) is 0 Å². The molecule has 506 valence electrons. The molecule has 0 saturated carbocycles. The molecule has 0 aromatic carbocycles. The van der Waals surface area contributed by atoms with Crippen LogP contribution in [-0.2, 0) is 89.0 Å². The van der Waals surface area contributed by atoms with Gasteiger partial charge in [-0.25, -0.2) is 4.68 Å². The van der Waals surface area contributed by atoms with Crippen LogP contribution in [0.15, 0.2) is 6.20 Å². The lowest BCUT2D eigenvalue weighted by atomic mass is 9.95. The zero-order valence-corrected chi connectivity index (χ0v) is 47.8. The number of carbonyl (C=O) groups is 1. The minimum Gasteiger partial charge on any atom is -0.458 e. The van der Waals surface area contributed by atoms with Crippen molar-refractivity contribution in [2.24, 2.45) is 0 Å². The van der Waals surface area contributed by atoms with Crippen LogP contribution < -0.4 is 0 Å². The van der Waals surface area contributed by atoms with E-state index >= 15 is 0 Å². The summed E-state index contributed by atoms with van der Waals surface area (Å²) in [6.45, 7) is -5.82. The highest BCUT2D eigenvalue weighted by Crippen LogP contribution is 2.39. The summed E-state index contributed by atoms with van der Waals surface area (Å²) in [6.07, 6.45) is -69.9. The lowest BCUT2D eigenvalue weighted by Gasteiger charge is -2.50. The molecule has 88 heavy (non-hydrogen) atoms. The molecule has 1 aromatic heterocycles. The van der Waals surface area contributed by atoms with Crippen molar-refractivity contribution in [1.82, 2.24) is 15.0 Å². The molecule has 0 radical (unpaired) electrons. The quantitative estimate of drug-likeness (QED) is 0.0723. The van der Waals surface area contributed by atoms with Gasteiger partial charge in [-0.3, -0.25) is 4.79 Å². The lowest BCUT2D eigenvalue weighted by molar-refractivity contribution is -0.396. The molecule has 20 N–H and O–H groups in total. The fourth-order valence-corrected chi connectivity index (χ4v) is 11.5. The summed E-state index contributed by atoms with van der Waals surface area (Å²) in [7, 11) is 0. The first-order valence-electron chi connectivity index (χ1n) is 27.9. The number of nitrogens with zero attached hydrogens (tertiary/aromatic N) is 3. The van der Waals surface area contributed by atoms with Crippen LogP contribution in [0.4, 0.5) is 0 Å². The van der Waals surface area contributed by atoms with Crippen LogP contribution in [0.2, 0.25) is 0 Å². The third-order valence-electron chi connectivity index (χ3n) is 16.2. The summed E-state index contributed by atoms with van der Waals surface area (Å²) in [4.78, 5) is 11.5. The van der Waals surface area contributed by atoms with Crippen LogP contribution in [0, 0.1) is 0 Å². The molecule has 1 aromatic rings. The first-order valence-corrected chi connectivity index (χ1v) is 28.8. The van der Waals surface area contributed by atoms with Crippen LogP contribution in [0.1, 0.15) is 12.6 Å². The maximum atomic E-state index is 12.2. The summed E-state index contributed by atoms with van der Waals surface area (Å²) in [5, 5.41) is 232. The number of esters is 1. The Kier molecular flexibility index (Phi) is 23.9. The summed E-state index contributed by atoms with van der Waals surface area (Å²) >= 11 is 3.09. The van der Waals surface area contributed by atoms with Gasteiger partial charge in [0.1, 0.15) is 188 Å². The number of aliphatic hydroxyl groups excluding tert-OH is 20. The van der Waals surface area contributed by atoms with Gasteiger partial charge in [-0.15, -0.1) is 5.10 Å². The third kappa shape index (κ3) is 14.4. The second kappa shape index (κ2) is 30.0. The second-order valence-electron chi connectivity index (χ2n) is 22.1. The highest BCUT2D eigenvalue weighted by molar-refractivity contribution is 9.10. The fraction of sp³-hybridized carbons (Fsp3) is 0.938. The van der Waals surface area contributed by atoms with Crippen LogP contribution in [0.3, 0.4) is 0 Å². The smallest absolute Gasteiger partial charge is 0.319 e. The molecular formula is C48H76BrN3O36.